The van der Waals surface area contributed by atoms with E-state index in [4.69, 9.17) is 39.9 Å². The number of sulfonamides is 4. The van der Waals surface area contributed by atoms with Crippen LogP contribution in [0.25, 0.3) is 89.7 Å². The minimum Gasteiger partial charge on any atom is -0.508 e. The van der Waals surface area contributed by atoms with E-state index in [9.17, 15) is 74.5 Å². The van der Waals surface area contributed by atoms with Gasteiger partial charge in [-0.15, -0.1) is 0 Å². The van der Waals surface area contributed by atoms with E-state index in [1.54, 1.807) is 27.7 Å². The summed E-state index contributed by atoms with van der Waals surface area (Å²) in [5, 5.41) is 83.3. The van der Waals surface area contributed by atoms with Gasteiger partial charge in [-0.1, -0.05) is 24.3 Å². The molecule has 33 heteroatoms. The Morgan fingerprint density at radius 2 is 0.554 bits per heavy atom. The average molecular weight is 1490 g/mol. The molecule has 523 valence electrons. The minimum atomic E-state index is -4.44. The van der Waals surface area contributed by atoms with Gasteiger partial charge >= 0.3 is 17.1 Å². The van der Waals surface area contributed by atoms with E-state index in [-0.39, 0.29) is 220 Å². The predicted octanol–water partition coefficient (Wildman–Crippen LogP) is 7.41. The van der Waals surface area contributed by atoms with Crippen LogP contribution in [0.1, 0.15) is 49.9 Å². The van der Waals surface area contributed by atoms with Gasteiger partial charge in [0.05, 0.1) is 42.9 Å². The van der Waals surface area contributed by atoms with Gasteiger partial charge in [0.15, 0.2) is 0 Å². The molecule has 101 heavy (non-hydrogen) atoms. The van der Waals surface area contributed by atoms with Gasteiger partial charge in [0.1, 0.15) is 46.0 Å². The largest absolute Gasteiger partial charge is 2.00 e. The molecule has 4 unspecified atom stereocenters. The first-order valence-corrected chi connectivity index (χ1v) is 36.7. The molecule has 8 bridgehead atoms. The van der Waals surface area contributed by atoms with E-state index >= 15 is 0 Å². The van der Waals surface area contributed by atoms with Crippen LogP contribution in [-0.4, -0.2) is 129 Å². The van der Waals surface area contributed by atoms with Crippen molar-refractivity contribution in [2.75, 3.05) is 0 Å². The van der Waals surface area contributed by atoms with Crippen LogP contribution in [-0.2, 0) is 82.8 Å². The molecule has 8 aromatic carbocycles. The Morgan fingerprint density at radius 3 is 0.842 bits per heavy atom. The van der Waals surface area contributed by atoms with Gasteiger partial charge in [0, 0.05) is 69.0 Å². The number of phenolic OH excluding ortho intramolecular Hbond substituents is 8. The maximum atomic E-state index is 14.4. The van der Waals surface area contributed by atoms with Crippen LogP contribution < -0.4 is 28.9 Å². The maximum Gasteiger partial charge on any atom is 2.00 e. The van der Waals surface area contributed by atoms with E-state index in [1.807, 2.05) is 0 Å². The SMILES string of the molecule is CC(Cc1cc(O)ccc1O)NS(=O)(=O)c1ccc2c(c1)-c1nc-2nc2[n-]c(nc3nc(nc4[n-]c(n1)c1ccc(S(=O)(=O)NC(C)Cc5cc(O)ccc5O)cc41)-c1ccc(S(=O)(=O)NC(C)Cc4cc(O)ccc4O)cc1-3)c1ccc(S(=O)(=O)NC(C)Cc3cc(O)ccc3O)cc21.[Cu+2]. The van der Waals surface area contributed by atoms with Crippen molar-refractivity contribution in [3.05, 3.63) is 168 Å². The molecule has 1 radical (unpaired) electrons. The molecule has 13 rings (SSSR count). The number of benzene rings is 8. The third kappa shape index (κ3) is 14.5. The third-order valence-electron chi connectivity index (χ3n) is 16.6. The Kier molecular flexibility index (Phi) is 18.8. The third-order valence-corrected chi connectivity index (χ3v) is 23.0. The number of phenols is 8. The number of fused-ring (bicyclic) bond motifs is 20. The van der Waals surface area contributed by atoms with Crippen LogP contribution in [0.15, 0.2) is 165 Å². The van der Waals surface area contributed by atoms with Gasteiger partial charge in [0.2, 0.25) is 40.1 Å². The fourth-order valence-corrected chi connectivity index (χ4v) is 17.1. The van der Waals surface area contributed by atoms with Crippen molar-refractivity contribution in [1.82, 2.24) is 58.8 Å². The quantitative estimate of drug-likeness (QED) is 0.0261. The Balaban J connectivity index is 0.00000965. The molecule has 11 aromatic rings. The van der Waals surface area contributed by atoms with Crippen LogP contribution in [0.5, 0.6) is 46.0 Å². The molecule has 4 atom stereocenters. The summed E-state index contributed by atoms with van der Waals surface area (Å²) >= 11 is 0. The zero-order valence-corrected chi connectivity index (χ0v) is 57.6. The Bertz CT molecular complexity index is 5530. The van der Waals surface area contributed by atoms with Crippen molar-refractivity contribution in [3.8, 4) is 91.5 Å². The van der Waals surface area contributed by atoms with Gasteiger partial charge < -0.3 is 70.8 Å². The number of aromatic hydroxyl groups is 8. The summed E-state index contributed by atoms with van der Waals surface area (Å²) in [4.78, 5) is 38.0. The van der Waals surface area contributed by atoms with E-state index < -0.39 is 64.3 Å². The fraction of sp³-hybridized carbons (Fsp3) is 0.176. The molecular formula is C68H60CuN12O16S4. The number of nitrogens with one attached hydrogen (secondary N) is 4. The summed E-state index contributed by atoms with van der Waals surface area (Å²) in [6.07, 6.45) is -0.173. The van der Waals surface area contributed by atoms with Crippen LogP contribution in [0.2, 0.25) is 0 Å². The summed E-state index contributed by atoms with van der Waals surface area (Å²) in [6, 6.07) is 28.0. The van der Waals surface area contributed by atoms with E-state index in [2.05, 4.69) is 18.9 Å². The maximum absolute atomic E-state index is 14.4. The molecule has 0 amide bonds. The Morgan fingerprint density at radius 1 is 0.307 bits per heavy atom. The number of nitrogens with zero attached hydrogens (tertiary/aromatic N) is 8. The van der Waals surface area contributed by atoms with Crippen molar-refractivity contribution < 1.29 is 91.6 Å². The first-order chi connectivity index (χ1) is 47.3. The van der Waals surface area contributed by atoms with Gasteiger partial charge in [-0.3, -0.25) is 0 Å². The fourth-order valence-electron chi connectivity index (χ4n) is 12.0. The predicted molar refractivity (Wildman–Crippen MR) is 367 cm³/mol. The normalized spacial score (nSPS) is 13.7. The Hall–Kier alpha value is -10.3. The zero-order chi connectivity index (χ0) is 71.1. The molecule has 2 aliphatic rings. The van der Waals surface area contributed by atoms with Crippen molar-refractivity contribution in [2.24, 2.45) is 0 Å². The molecule has 0 saturated heterocycles. The number of rotatable bonds is 20. The molecule has 2 aliphatic heterocycles. The van der Waals surface area contributed by atoms with Crippen molar-refractivity contribution >= 4 is 84.2 Å². The zero-order valence-electron chi connectivity index (χ0n) is 53.4. The second kappa shape index (κ2) is 27.0. The molecule has 0 aliphatic carbocycles. The van der Waals surface area contributed by atoms with Gasteiger partial charge in [-0.05, 0) is 219 Å². The molecule has 0 spiro atoms. The minimum absolute atomic E-state index is 0. The number of hydrogen-bond donors (Lipinski definition) is 12. The molecule has 3 aromatic heterocycles. The number of aromatic nitrogens is 8. The van der Waals surface area contributed by atoms with Crippen LogP contribution >= 0.6 is 0 Å². The summed E-state index contributed by atoms with van der Waals surface area (Å²) in [6.45, 7) is 6.24. The monoisotopic (exact) mass is 1490 g/mol. The van der Waals surface area contributed by atoms with E-state index in [1.165, 1.54) is 146 Å². The molecule has 5 heterocycles. The van der Waals surface area contributed by atoms with Gasteiger partial charge in [-0.2, -0.15) is 0 Å². The summed E-state index contributed by atoms with van der Waals surface area (Å²) < 4.78 is 126. The first-order valence-electron chi connectivity index (χ1n) is 30.7. The second-order valence-corrected chi connectivity index (χ2v) is 31.3. The topological polar surface area (TPSA) is 452 Å². The van der Waals surface area contributed by atoms with Crippen LogP contribution in [0.4, 0.5) is 0 Å². The molecule has 12 N–H and O–H groups in total. The average Bonchev–Trinajstić information content (AvgIpc) is 1.60. The second-order valence-electron chi connectivity index (χ2n) is 24.5. The van der Waals surface area contributed by atoms with Crippen molar-refractivity contribution in [3.63, 3.8) is 0 Å². The Labute approximate surface area is 587 Å². The summed E-state index contributed by atoms with van der Waals surface area (Å²) in [5.74, 6) is -1.93. The van der Waals surface area contributed by atoms with Crippen molar-refractivity contribution in [1.29, 1.82) is 0 Å². The standard InChI is InChI=1S/C68H60N12O16S4.Cu/c1-33(21-37-25-41(81)5-17-57(37)85)77-97(89,90)45-9-13-49-53(29-45)65-69-61(49)74-66-55-31-47(99(93,94)79-35(3)23-39-27-43(83)7-19-59(39)87)11-15-51(55)63(71-66)76-68-56-32-48(100(95,96)80-36(4)24-40-28-44(84)8-20-60(40)88)12-16-52(56)64(72-68)75-67-54-30-46(10-14-50(54)62(70-67)73-65)98(91,92)78-34(2)22-38-26-42(82)6-18-58(38)86;/h5-20,25-36,77-80H,21-24H2,1-4H3,(H8-2,69,70,71,72,73,74,75,76,81,82,83,84,85,86,87,88);/q-2;+2. The van der Waals surface area contributed by atoms with Crippen molar-refractivity contribution in [2.45, 2.75) is 97.1 Å². The molecule has 0 saturated carbocycles. The summed E-state index contributed by atoms with van der Waals surface area (Å²) in [5.41, 5.74) is 0.924. The van der Waals surface area contributed by atoms with Gasteiger partial charge in [-0.25, -0.2) is 62.5 Å². The van der Waals surface area contributed by atoms with E-state index in [0.29, 0.717) is 0 Å². The summed E-state index contributed by atoms with van der Waals surface area (Å²) in [7, 11) is -17.8. The number of hydrogen-bond acceptors (Lipinski definition) is 22. The molecular weight excluding hydrogens is 1430 g/mol. The molecule has 0 fully saturated rings. The smallest absolute Gasteiger partial charge is 0.508 e. The first kappa shape index (κ1) is 70.5. The van der Waals surface area contributed by atoms with Crippen LogP contribution in [0, 0.1) is 0 Å². The van der Waals surface area contributed by atoms with Gasteiger partial charge in [0.25, 0.3) is 0 Å². The van der Waals surface area contributed by atoms with E-state index in [0.717, 1.165) is 0 Å². The van der Waals surface area contributed by atoms with Crippen LogP contribution in [0.3, 0.4) is 0 Å². The molecule has 28 nitrogen and oxygen atoms in total.